The van der Waals surface area contributed by atoms with Gasteiger partial charge in [0, 0.05) is 60.8 Å². The Balaban J connectivity index is 1.64. The fourth-order valence-electron chi connectivity index (χ4n) is 4.01. The Labute approximate surface area is 241 Å². The first-order valence-electron chi connectivity index (χ1n) is 12.5. The number of nitrogens with one attached hydrogen (secondary N) is 3. The zero-order valence-electron chi connectivity index (χ0n) is 21.7. The normalized spacial score (nSPS) is 11.1. The number of hydrogen-bond donors (Lipinski definition) is 5. The zero-order chi connectivity index (χ0) is 28.5. The molecule has 40 heavy (non-hydrogen) atoms. The number of anilines is 2. The van der Waals surface area contributed by atoms with E-state index in [2.05, 4.69) is 30.9 Å². The van der Waals surface area contributed by atoms with Crippen molar-refractivity contribution in [2.45, 2.75) is 13.1 Å². The number of aliphatic hydroxyl groups excluding tert-OH is 2. The van der Waals surface area contributed by atoms with Crippen LogP contribution in [0.4, 0.5) is 15.9 Å². The van der Waals surface area contributed by atoms with Gasteiger partial charge in [0.1, 0.15) is 0 Å². The molecule has 9 nitrogen and oxygen atoms in total. The summed E-state index contributed by atoms with van der Waals surface area (Å²) in [4.78, 5) is 13.2. The predicted molar refractivity (Wildman–Crippen MR) is 155 cm³/mol. The van der Waals surface area contributed by atoms with Crippen LogP contribution in [0, 0.1) is 5.82 Å². The Morgan fingerprint density at radius 1 is 0.850 bits per heavy atom. The van der Waals surface area contributed by atoms with Gasteiger partial charge in [-0.2, -0.15) is 0 Å². The van der Waals surface area contributed by atoms with Crippen molar-refractivity contribution in [2.24, 2.45) is 0 Å². The SMILES string of the molecule is COc1nc(-c2ccnc(-c3cccc(Nc4nccc(CNCCO)c4F)c3Cl)c2Cl)ccc1CNCCO. The van der Waals surface area contributed by atoms with E-state index < -0.39 is 5.82 Å². The van der Waals surface area contributed by atoms with Gasteiger partial charge in [-0.3, -0.25) is 4.98 Å². The minimum Gasteiger partial charge on any atom is -0.481 e. The number of rotatable bonds is 13. The van der Waals surface area contributed by atoms with Gasteiger partial charge < -0.3 is 30.9 Å². The van der Waals surface area contributed by atoms with Crippen molar-refractivity contribution < 1.29 is 19.3 Å². The van der Waals surface area contributed by atoms with Gasteiger partial charge in [-0.05, 0) is 24.3 Å². The topological polar surface area (TPSA) is 124 Å². The van der Waals surface area contributed by atoms with Gasteiger partial charge in [-0.15, -0.1) is 0 Å². The number of pyridine rings is 3. The number of methoxy groups -OCH3 is 1. The molecule has 0 fully saturated rings. The third kappa shape index (κ3) is 6.84. The number of aromatic nitrogens is 3. The second-order valence-electron chi connectivity index (χ2n) is 8.61. The molecule has 4 rings (SSSR count). The van der Waals surface area contributed by atoms with E-state index in [1.54, 1.807) is 43.6 Å². The molecule has 1 aromatic carbocycles. The Morgan fingerprint density at radius 2 is 1.57 bits per heavy atom. The average Bonchev–Trinajstić information content (AvgIpc) is 2.97. The van der Waals surface area contributed by atoms with E-state index >= 15 is 4.39 Å². The van der Waals surface area contributed by atoms with Crippen LogP contribution in [0.5, 0.6) is 5.88 Å². The highest BCUT2D eigenvalue weighted by molar-refractivity contribution is 6.39. The largest absolute Gasteiger partial charge is 0.481 e. The number of aliphatic hydroxyl groups is 2. The maximum Gasteiger partial charge on any atom is 0.218 e. The minimum atomic E-state index is -0.525. The number of hydrogen-bond acceptors (Lipinski definition) is 9. The monoisotopic (exact) mass is 586 g/mol. The summed E-state index contributed by atoms with van der Waals surface area (Å²) in [7, 11) is 1.54. The van der Waals surface area contributed by atoms with Crippen LogP contribution in [0.25, 0.3) is 22.5 Å². The van der Waals surface area contributed by atoms with E-state index in [1.807, 2.05) is 12.1 Å². The first kappa shape index (κ1) is 29.6. The third-order valence-electron chi connectivity index (χ3n) is 5.98. The molecule has 0 bridgehead atoms. The number of ether oxygens (including phenoxy) is 1. The van der Waals surface area contributed by atoms with Gasteiger partial charge in [0.2, 0.25) is 5.88 Å². The Morgan fingerprint density at radius 3 is 2.30 bits per heavy atom. The van der Waals surface area contributed by atoms with Crippen molar-refractivity contribution in [1.29, 1.82) is 0 Å². The fraction of sp³-hybridized carbons (Fsp3) is 0.250. The molecule has 0 saturated carbocycles. The Bertz CT molecular complexity index is 1460. The quantitative estimate of drug-likeness (QED) is 0.143. The maximum absolute atomic E-state index is 15.1. The highest BCUT2D eigenvalue weighted by atomic mass is 35.5. The van der Waals surface area contributed by atoms with Gasteiger partial charge in [-0.1, -0.05) is 41.4 Å². The van der Waals surface area contributed by atoms with Crippen LogP contribution >= 0.6 is 23.2 Å². The van der Waals surface area contributed by atoms with Crippen LogP contribution in [-0.4, -0.2) is 58.6 Å². The van der Waals surface area contributed by atoms with Gasteiger partial charge in [0.15, 0.2) is 11.6 Å². The Hall–Kier alpha value is -3.38. The molecule has 12 heteroatoms. The summed E-state index contributed by atoms with van der Waals surface area (Å²) in [6.45, 7) is 1.51. The first-order chi connectivity index (χ1) is 19.5. The summed E-state index contributed by atoms with van der Waals surface area (Å²) in [5.74, 6) is -0.0764. The summed E-state index contributed by atoms with van der Waals surface area (Å²) < 4.78 is 20.6. The lowest BCUT2D eigenvalue weighted by atomic mass is 10.1. The van der Waals surface area contributed by atoms with Crippen molar-refractivity contribution in [3.63, 3.8) is 0 Å². The van der Waals surface area contributed by atoms with E-state index in [0.717, 1.165) is 5.56 Å². The lowest BCUT2D eigenvalue weighted by Gasteiger charge is -2.15. The smallest absolute Gasteiger partial charge is 0.218 e. The standard InChI is InChI=1S/C28H29Cl2FN6O3/c1-40-28-18(16-33-12-14-39)5-6-21(37-28)19-8-10-34-26(24(19)30)20-3-2-4-22(23(20)29)36-27-25(31)17(7-9-35-27)15-32-11-13-38/h2-10,32-33,38-39H,11-16H2,1H3,(H,35,36). The van der Waals surface area contributed by atoms with Crippen LogP contribution in [0.2, 0.25) is 10.0 Å². The maximum atomic E-state index is 15.1. The van der Waals surface area contributed by atoms with Crippen molar-refractivity contribution in [3.05, 3.63) is 81.8 Å². The molecule has 5 N–H and O–H groups in total. The molecular formula is C28H29Cl2FN6O3. The third-order valence-corrected chi connectivity index (χ3v) is 6.77. The lowest BCUT2D eigenvalue weighted by molar-refractivity contribution is 0.291. The molecule has 0 saturated heterocycles. The van der Waals surface area contributed by atoms with Crippen LogP contribution in [-0.2, 0) is 13.1 Å². The van der Waals surface area contributed by atoms with Gasteiger partial charge >= 0.3 is 0 Å². The lowest BCUT2D eigenvalue weighted by Crippen LogP contribution is -2.18. The van der Waals surface area contributed by atoms with Crippen molar-refractivity contribution in [3.8, 4) is 28.4 Å². The zero-order valence-corrected chi connectivity index (χ0v) is 23.2. The Kier molecular flexibility index (Phi) is 10.6. The number of benzene rings is 1. The number of nitrogens with zero attached hydrogens (tertiary/aromatic N) is 3. The fourth-order valence-corrected chi connectivity index (χ4v) is 4.58. The van der Waals surface area contributed by atoms with E-state index in [0.29, 0.717) is 64.3 Å². The van der Waals surface area contributed by atoms with E-state index in [9.17, 15) is 0 Å². The van der Waals surface area contributed by atoms with Crippen molar-refractivity contribution in [2.75, 3.05) is 38.7 Å². The van der Waals surface area contributed by atoms with Gasteiger partial charge in [-0.25, -0.2) is 14.4 Å². The highest BCUT2D eigenvalue weighted by Gasteiger charge is 2.19. The van der Waals surface area contributed by atoms with Crippen LogP contribution in [0.1, 0.15) is 11.1 Å². The summed E-state index contributed by atoms with van der Waals surface area (Å²) in [5.41, 5.74) is 3.84. The van der Waals surface area contributed by atoms with Gasteiger partial charge in [0.25, 0.3) is 0 Å². The summed E-state index contributed by atoms with van der Waals surface area (Å²) in [6.07, 6.45) is 3.11. The molecule has 0 radical (unpaired) electrons. The molecule has 0 amide bonds. The molecular weight excluding hydrogens is 558 g/mol. The second-order valence-corrected chi connectivity index (χ2v) is 9.37. The minimum absolute atomic E-state index is 0.0139. The molecule has 3 heterocycles. The molecule has 210 valence electrons. The van der Waals surface area contributed by atoms with Crippen molar-refractivity contribution >= 4 is 34.7 Å². The molecule has 4 aromatic rings. The molecule has 0 atom stereocenters. The molecule has 0 aliphatic carbocycles. The van der Waals surface area contributed by atoms with Crippen LogP contribution in [0.3, 0.4) is 0 Å². The summed E-state index contributed by atoms with van der Waals surface area (Å²) >= 11 is 13.6. The van der Waals surface area contributed by atoms with Crippen LogP contribution in [0.15, 0.2) is 54.9 Å². The van der Waals surface area contributed by atoms with Crippen molar-refractivity contribution in [1.82, 2.24) is 25.6 Å². The first-order valence-corrected chi connectivity index (χ1v) is 13.2. The number of halogens is 3. The van der Waals surface area contributed by atoms with E-state index in [4.69, 9.17) is 38.2 Å². The molecule has 0 aliphatic heterocycles. The second kappa shape index (κ2) is 14.3. The van der Waals surface area contributed by atoms with E-state index in [1.165, 1.54) is 6.20 Å². The average molecular weight is 587 g/mol. The molecule has 0 aliphatic rings. The van der Waals surface area contributed by atoms with E-state index in [-0.39, 0.29) is 30.6 Å². The highest BCUT2D eigenvalue weighted by Crippen LogP contribution is 2.40. The van der Waals surface area contributed by atoms with Gasteiger partial charge in [0.05, 0.1) is 47.4 Å². The predicted octanol–water partition coefficient (Wildman–Crippen LogP) is 4.57. The molecule has 0 unspecified atom stereocenters. The van der Waals surface area contributed by atoms with Crippen LogP contribution < -0.4 is 20.7 Å². The summed E-state index contributed by atoms with van der Waals surface area (Å²) in [5, 5.41) is 27.6. The summed E-state index contributed by atoms with van der Waals surface area (Å²) in [6, 6.07) is 12.3. The molecule has 0 spiro atoms. The molecule has 3 aromatic heterocycles.